The summed E-state index contributed by atoms with van der Waals surface area (Å²) in [5, 5.41) is 12.9. The number of aromatic hydroxyl groups is 1. The summed E-state index contributed by atoms with van der Waals surface area (Å²) >= 11 is 6.05. The number of carbonyl (C=O) groups is 2. The number of hydrogen-bond acceptors (Lipinski definition) is 7. The van der Waals surface area contributed by atoms with E-state index in [0.29, 0.717) is 35.6 Å². The fourth-order valence-corrected chi connectivity index (χ4v) is 5.96. The quantitative estimate of drug-likeness (QED) is 0.190. The number of pyridine rings is 2. The zero-order valence-electron chi connectivity index (χ0n) is 23.2. The molecule has 1 aliphatic carbocycles. The smallest absolute Gasteiger partial charge is 0.251 e. The van der Waals surface area contributed by atoms with Gasteiger partial charge in [0.2, 0.25) is 0 Å². The molecule has 0 radical (unpaired) electrons. The van der Waals surface area contributed by atoms with Gasteiger partial charge in [-0.2, -0.15) is 0 Å². The summed E-state index contributed by atoms with van der Waals surface area (Å²) in [5.41, 5.74) is 13.3. The predicted molar refractivity (Wildman–Crippen MR) is 169 cm³/mol. The largest absolute Gasteiger partial charge is 0.506 e. The summed E-state index contributed by atoms with van der Waals surface area (Å²) in [6, 6.07) is 26.1. The van der Waals surface area contributed by atoms with Crippen LogP contribution in [0.4, 0.5) is 5.82 Å². The Labute approximate surface area is 257 Å². The number of halogens is 1. The van der Waals surface area contributed by atoms with E-state index in [0.717, 1.165) is 40.0 Å². The average molecular weight is 601 g/mol. The summed E-state index contributed by atoms with van der Waals surface area (Å²) in [5.74, 6) is 0.260. The van der Waals surface area contributed by atoms with Crippen molar-refractivity contribution in [2.24, 2.45) is 0 Å². The number of rotatable bonds is 6. The molecule has 0 unspecified atom stereocenters. The van der Waals surface area contributed by atoms with Gasteiger partial charge >= 0.3 is 0 Å². The van der Waals surface area contributed by atoms with Crippen molar-refractivity contribution in [2.75, 3.05) is 5.73 Å². The number of benzene rings is 3. The van der Waals surface area contributed by atoms with Crippen LogP contribution < -0.4 is 11.1 Å². The molecular weight excluding hydrogens is 576 g/mol. The van der Waals surface area contributed by atoms with Crippen molar-refractivity contribution >= 4 is 40.8 Å². The number of imidazole rings is 1. The zero-order chi connectivity index (χ0) is 30.4. The molecule has 0 saturated heterocycles. The number of phenols is 1. The van der Waals surface area contributed by atoms with Gasteiger partial charge < -0.3 is 16.2 Å². The highest BCUT2D eigenvalue weighted by atomic mass is 35.5. The number of nitrogens with two attached hydrogens (primary N) is 1. The van der Waals surface area contributed by atoms with E-state index in [4.69, 9.17) is 27.3 Å². The SMILES string of the molecule is Nc1ncccc1-c1nc2ccc(-c3ccccc3)nc2n1-c1ccc2c(c1)CC[C@@H]2NC(=O)c1cc(Cl)c(O)c(C=O)c1. The first-order chi connectivity index (χ1) is 21.4. The lowest BCUT2D eigenvalue weighted by atomic mass is 10.1. The van der Waals surface area contributed by atoms with Crippen LogP contribution in [-0.4, -0.2) is 36.8 Å². The predicted octanol–water partition coefficient (Wildman–Crippen LogP) is 6.32. The van der Waals surface area contributed by atoms with Crippen LogP contribution in [0.3, 0.4) is 0 Å². The molecule has 0 spiro atoms. The molecular formula is C34H25ClN6O3. The minimum absolute atomic E-state index is 0.0410. The molecule has 10 heteroatoms. The minimum atomic E-state index is -0.385. The second-order valence-electron chi connectivity index (χ2n) is 10.6. The van der Waals surface area contributed by atoms with Crippen molar-refractivity contribution in [3.8, 4) is 34.1 Å². The van der Waals surface area contributed by atoms with Crippen LogP contribution in [0.5, 0.6) is 5.75 Å². The lowest BCUT2D eigenvalue weighted by Gasteiger charge is -2.16. The number of aromatic nitrogens is 4. The molecule has 1 amide bonds. The molecule has 7 rings (SSSR count). The van der Waals surface area contributed by atoms with E-state index < -0.39 is 0 Å². The van der Waals surface area contributed by atoms with E-state index in [-0.39, 0.29) is 33.8 Å². The number of anilines is 1. The van der Waals surface area contributed by atoms with Gasteiger partial charge in [-0.3, -0.25) is 14.2 Å². The molecule has 216 valence electrons. The van der Waals surface area contributed by atoms with Gasteiger partial charge in [0.1, 0.15) is 17.1 Å². The monoisotopic (exact) mass is 600 g/mol. The number of hydrogen-bond donors (Lipinski definition) is 3. The van der Waals surface area contributed by atoms with E-state index in [1.165, 1.54) is 12.1 Å². The average Bonchev–Trinajstić information content (AvgIpc) is 3.63. The molecule has 0 aliphatic heterocycles. The number of nitrogen functional groups attached to an aromatic ring is 1. The second kappa shape index (κ2) is 10.9. The molecule has 3 aromatic carbocycles. The normalized spacial score (nSPS) is 14.0. The first-order valence-electron chi connectivity index (χ1n) is 14.0. The summed E-state index contributed by atoms with van der Waals surface area (Å²) in [7, 11) is 0. The van der Waals surface area contributed by atoms with Gasteiger partial charge in [0.05, 0.1) is 27.9 Å². The van der Waals surface area contributed by atoms with Gasteiger partial charge in [-0.15, -0.1) is 0 Å². The lowest BCUT2D eigenvalue weighted by molar-refractivity contribution is 0.0936. The highest BCUT2D eigenvalue weighted by Gasteiger charge is 2.27. The molecule has 0 fully saturated rings. The maximum Gasteiger partial charge on any atom is 0.251 e. The van der Waals surface area contributed by atoms with Crippen molar-refractivity contribution in [2.45, 2.75) is 18.9 Å². The van der Waals surface area contributed by atoms with Crippen LogP contribution in [0.2, 0.25) is 5.02 Å². The van der Waals surface area contributed by atoms with Crippen molar-refractivity contribution in [3.05, 3.63) is 118 Å². The number of aldehydes is 1. The highest BCUT2D eigenvalue weighted by Crippen LogP contribution is 2.37. The molecule has 0 bridgehead atoms. The van der Waals surface area contributed by atoms with Crippen LogP contribution in [0, 0.1) is 0 Å². The van der Waals surface area contributed by atoms with Crippen LogP contribution >= 0.6 is 11.6 Å². The Bertz CT molecular complexity index is 2090. The van der Waals surface area contributed by atoms with Crippen LogP contribution in [0.15, 0.2) is 91.1 Å². The number of amides is 1. The van der Waals surface area contributed by atoms with E-state index in [2.05, 4.69) is 16.4 Å². The zero-order valence-corrected chi connectivity index (χ0v) is 24.0. The van der Waals surface area contributed by atoms with Gasteiger partial charge in [-0.1, -0.05) is 48.0 Å². The summed E-state index contributed by atoms with van der Waals surface area (Å²) in [6.45, 7) is 0. The van der Waals surface area contributed by atoms with Crippen molar-refractivity contribution in [3.63, 3.8) is 0 Å². The number of fused-ring (bicyclic) bond motifs is 2. The van der Waals surface area contributed by atoms with Crippen LogP contribution in [-0.2, 0) is 6.42 Å². The maximum atomic E-state index is 13.1. The third-order valence-electron chi connectivity index (χ3n) is 7.90. The standard InChI is InChI=1S/C34H25ClN6O3/c35-26-17-21(15-22(18-42)30(26)43)34(44)40-28-11-8-20-16-23(9-10-24(20)28)41-32(25-7-4-14-37-31(25)36)39-29-13-12-27(38-33(29)41)19-5-2-1-3-6-19/h1-7,9-10,12-18,28,43H,8,11H2,(H2,36,37)(H,40,44)/t28-/m0/s1. The minimum Gasteiger partial charge on any atom is -0.506 e. The molecule has 6 aromatic rings. The molecule has 44 heavy (non-hydrogen) atoms. The van der Waals surface area contributed by atoms with E-state index >= 15 is 0 Å². The fraction of sp³-hybridized carbons (Fsp3) is 0.0882. The molecule has 3 heterocycles. The Morgan fingerprint density at radius 2 is 1.86 bits per heavy atom. The van der Waals surface area contributed by atoms with Crippen molar-refractivity contribution in [1.29, 1.82) is 0 Å². The topological polar surface area (TPSA) is 136 Å². The Morgan fingerprint density at radius 1 is 1.02 bits per heavy atom. The third kappa shape index (κ3) is 4.73. The first-order valence-corrected chi connectivity index (χ1v) is 14.4. The Hall–Kier alpha value is -5.54. The third-order valence-corrected chi connectivity index (χ3v) is 8.19. The summed E-state index contributed by atoms with van der Waals surface area (Å²) in [6.07, 6.45) is 3.55. The number of nitrogens with zero attached hydrogens (tertiary/aromatic N) is 4. The maximum absolute atomic E-state index is 13.1. The van der Waals surface area contributed by atoms with E-state index in [1.807, 2.05) is 71.3 Å². The number of aryl methyl sites for hydroxylation is 1. The van der Waals surface area contributed by atoms with Crippen molar-refractivity contribution < 1.29 is 14.7 Å². The van der Waals surface area contributed by atoms with E-state index in [9.17, 15) is 14.7 Å². The number of carbonyl (C=O) groups excluding carboxylic acids is 2. The number of nitrogens with one attached hydrogen (secondary N) is 1. The van der Waals surface area contributed by atoms with Crippen molar-refractivity contribution in [1.82, 2.24) is 24.8 Å². The molecule has 9 nitrogen and oxygen atoms in total. The highest BCUT2D eigenvalue weighted by molar-refractivity contribution is 6.32. The fourth-order valence-electron chi connectivity index (χ4n) is 5.73. The molecule has 3 aromatic heterocycles. The molecule has 4 N–H and O–H groups in total. The molecule has 0 saturated carbocycles. The van der Waals surface area contributed by atoms with E-state index in [1.54, 1.807) is 6.20 Å². The van der Waals surface area contributed by atoms with Gasteiger partial charge in [-0.25, -0.2) is 15.0 Å². The molecule has 1 aliphatic rings. The van der Waals surface area contributed by atoms with Crippen LogP contribution in [0.1, 0.15) is 44.3 Å². The summed E-state index contributed by atoms with van der Waals surface area (Å²) in [4.78, 5) is 38.7. The lowest BCUT2D eigenvalue weighted by Crippen LogP contribution is -2.27. The van der Waals surface area contributed by atoms with Gasteiger partial charge in [0.15, 0.2) is 17.8 Å². The molecule has 1 atom stereocenters. The Balaban J connectivity index is 1.29. The number of phenolic OH excluding ortho intramolecular Hbond substituents is 1. The Morgan fingerprint density at radius 3 is 2.66 bits per heavy atom. The first kappa shape index (κ1) is 27.3. The summed E-state index contributed by atoms with van der Waals surface area (Å²) < 4.78 is 2.00. The van der Waals surface area contributed by atoms with Gasteiger partial charge in [0.25, 0.3) is 5.91 Å². The van der Waals surface area contributed by atoms with Crippen LogP contribution in [0.25, 0.3) is 39.5 Å². The Kier molecular flexibility index (Phi) is 6.79. The second-order valence-corrected chi connectivity index (χ2v) is 11.0. The van der Waals surface area contributed by atoms with Gasteiger partial charge in [0, 0.05) is 23.0 Å². The van der Waals surface area contributed by atoms with Gasteiger partial charge in [-0.05, 0) is 72.5 Å².